The molecule has 0 spiro atoms. The minimum Gasteiger partial charge on any atom is -0.309 e. The number of hydrogen-bond donors (Lipinski definition) is 0. The third-order valence-corrected chi connectivity index (χ3v) is 10.1. The van der Waals surface area contributed by atoms with Gasteiger partial charge in [0, 0.05) is 42.7 Å². The van der Waals surface area contributed by atoms with Crippen LogP contribution < -0.4 is 0 Å². The predicted molar refractivity (Wildman–Crippen MR) is 189 cm³/mol. The van der Waals surface area contributed by atoms with E-state index in [-0.39, 0.29) is 10.6 Å². The summed E-state index contributed by atoms with van der Waals surface area (Å²) in [6.45, 7) is 0. The van der Waals surface area contributed by atoms with Crippen LogP contribution in [0.4, 0.5) is 5.69 Å². The molecule has 0 radical (unpaired) electrons. The Kier molecular flexibility index (Phi) is 5.64. The fourth-order valence-electron chi connectivity index (χ4n) is 6.87. The smallest absolute Gasteiger partial charge is 0.277 e. The molecule has 0 aliphatic carbocycles. The van der Waals surface area contributed by atoms with Crippen LogP contribution in [0.2, 0.25) is 0 Å². The number of thiophene rings is 1. The van der Waals surface area contributed by atoms with E-state index in [1.807, 2.05) is 48.5 Å². The minimum absolute atomic E-state index is 0.103. The molecular formula is C40H24N2O2S. The molecule has 0 saturated carbocycles. The van der Waals surface area contributed by atoms with Crippen molar-refractivity contribution in [1.82, 2.24) is 4.57 Å². The SMILES string of the molecule is O=[N+]([O-])c1cc(-c2ccc3c(c2)c2ccccc2n3-c2ccccc2)ccc1-c1cc2ccccc2c2sc3ccccc3c12. The van der Waals surface area contributed by atoms with E-state index >= 15 is 0 Å². The molecule has 7 aromatic carbocycles. The first kappa shape index (κ1) is 25.7. The standard InChI is InChI=1S/C40H24N2O2S/c43-42(44)37-24-26(25-19-21-36-33(22-25)30-14-6-8-16-35(30)41(36)28-11-2-1-3-12-28)18-20-31(37)34-23-27-10-4-5-13-29(27)40-39(34)32-15-7-9-17-38(32)45-40/h1-24H. The van der Waals surface area contributed by atoms with Gasteiger partial charge < -0.3 is 4.57 Å². The van der Waals surface area contributed by atoms with E-state index in [2.05, 4.69) is 95.6 Å². The van der Waals surface area contributed by atoms with Crippen molar-refractivity contribution in [3.05, 3.63) is 156 Å². The van der Waals surface area contributed by atoms with Crippen LogP contribution in [0.5, 0.6) is 0 Å². The fourth-order valence-corrected chi connectivity index (χ4v) is 8.13. The molecule has 0 bridgehead atoms. The summed E-state index contributed by atoms with van der Waals surface area (Å²) >= 11 is 1.74. The van der Waals surface area contributed by atoms with Gasteiger partial charge in [0.05, 0.1) is 21.5 Å². The summed E-state index contributed by atoms with van der Waals surface area (Å²) in [6, 6.07) is 49.5. The Balaban J connectivity index is 1.26. The molecule has 0 saturated heterocycles. The molecule has 2 heterocycles. The monoisotopic (exact) mass is 596 g/mol. The Morgan fingerprint density at radius 2 is 1.22 bits per heavy atom. The summed E-state index contributed by atoms with van der Waals surface area (Å²) in [4.78, 5) is 12.5. The highest BCUT2D eigenvalue weighted by Crippen LogP contribution is 2.46. The number of benzene rings is 7. The molecule has 0 unspecified atom stereocenters. The molecular weight excluding hydrogens is 573 g/mol. The molecule has 2 aromatic heterocycles. The lowest BCUT2D eigenvalue weighted by Gasteiger charge is -2.11. The average molecular weight is 597 g/mol. The first-order valence-corrected chi connectivity index (χ1v) is 15.7. The molecule has 9 rings (SSSR count). The summed E-state index contributed by atoms with van der Waals surface area (Å²) in [7, 11) is 0. The highest BCUT2D eigenvalue weighted by Gasteiger charge is 2.22. The first-order chi connectivity index (χ1) is 22.2. The van der Waals surface area contributed by atoms with Crippen molar-refractivity contribution in [2.24, 2.45) is 0 Å². The highest BCUT2D eigenvalue weighted by atomic mass is 32.1. The number of rotatable bonds is 4. The maximum Gasteiger partial charge on any atom is 0.277 e. The molecule has 0 amide bonds. The number of nitro benzene ring substituents is 1. The van der Waals surface area contributed by atoms with Gasteiger partial charge >= 0.3 is 0 Å². The molecule has 0 atom stereocenters. The number of hydrogen-bond acceptors (Lipinski definition) is 3. The van der Waals surface area contributed by atoms with Gasteiger partial charge in [0.15, 0.2) is 0 Å². The van der Waals surface area contributed by atoms with Crippen LogP contribution >= 0.6 is 11.3 Å². The normalized spacial score (nSPS) is 11.7. The molecule has 212 valence electrons. The number of nitrogens with zero attached hydrogens (tertiary/aromatic N) is 2. The largest absolute Gasteiger partial charge is 0.309 e. The Morgan fingerprint density at radius 3 is 2.07 bits per heavy atom. The Hall–Kier alpha value is -5.78. The molecule has 0 N–H and O–H groups in total. The highest BCUT2D eigenvalue weighted by molar-refractivity contribution is 7.26. The average Bonchev–Trinajstić information content (AvgIpc) is 3.64. The third-order valence-electron chi connectivity index (χ3n) is 8.87. The molecule has 4 nitrogen and oxygen atoms in total. The van der Waals surface area contributed by atoms with E-state index in [9.17, 15) is 10.1 Å². The van der Waals surface area contributed by atoms with Crippen LogP contribution in [-0.4, -0.2) is 9.49 Å². The Bertz CT molecular complexity index is 2630. The summed E-state index contributed by atoms with van der Waals surface area (Å²) in [5.74, 6) is 0. The number of aromatic nitrogens is 1. The van der Waals surface area contributed by atoms with Crippen molar-refractivity contribution in [3.8, 4) is 27.9 Å². The number of nitro groups is 1. The number of para-hydroxylation sites is 2. The summed E-state index contributed by atoms with van der Waals surface area (Å²) in [5.41, 5.74) is 6.70. The Labute approximate surface area is 262 Å². The summed E-state index contributed by atoms with van der Waals surface area (Å²) in [6.07, 6.45) is 0. The van der Waals surface area contributed by atoms with Crippen molar-refractivity contribution in [2.75, 3.05) is 0 Å². The van der Waals surface area contributed by atoms with Crippen LogP contribution in [0, 0.1) is 10.1 Å². The molecule has 0 aliphatic rings. The zero-order valence-electron chi connectivity index (χ0n) is 24.0. The van der Waals surface area contributed by atoms with Crippen molar-refractivity contribution in [2.45, 2.75) is 0 Å². The van der Waals surface area contributed by atoms with E-state index in [4.69, 9.17) is 0 Å². The van der Waals surface area contributed by atoms with E-state index in [0.29, 0.717) is 5.56 Å². The molecule has 0 aliphatic heterocycles. The zero-order valence-corrected chi connectivity index (χ0v) is 24.8. The lowest BCUT2D eigenvalue weighted by atomic mass is 9.92. The molecule has 5 heteroatoms. The van der Waals surface area contributed by atoms with Crippen molar-refractivity contribution in [1.29, 1.82) is 0 Å². The van der Waals surface area contributed by atoms with Crippen LogP contribution in [0.15, 0.2) is 146 Å². The number of fused-ring (bicyclic) bond motifs is 8. The quantitative estimate of drug-likeness (QED) is 0.150. The van der Waals surface area contributed by atoms with Crippen LogP contribution in [0.3, 0.4) is 0 Å². The van der Waals surface area contributed by atoms with Crippen molar-refractivity contribution in [3.63, 3.8) is 0 Å². The minimum atomic E-state index is -0.242. The second-order valence-electron chi connectivity index (χ2n) is 11.4. The second-order valence-corrected chi connectivity index (χ2v) is 12.4. The van der Waals surface area contributed by atoms with Crippen LogP contribution in [0.1, 0.15) is 0 Å². The molecule has 0 fully saturated rings. The fraction of sp³-hybridized carbons (Fsp3) is 0. The maximum absolute atomic E-state index is 12.7. The van der Waals surface area contributed by atoms with Gasteiger partial charge in [-0.05, 0) is 76.0 Å². The lowest BCUT2D eigenvalue weighted by Crippen LogP contribution is -1.94. The van der Waals surface area contributed by atoms with Crippen LogP contribution in [-0.2, 0) is 0 Å². The maximum atomic E-state index is 12.7. The zero-order chi connectivity index (χ0) is 30.1. The van der Waals surface area contributed by atoms with E-state index < -0.39 is 0 Å². The molecule has 45 heavy (non-hydrogen) atoms. The van der Waals surface area contributed by atoms with Crippen molar-refractivity contribution >= 4 is 69.8 Å². The van der Waals surface area contributed by atoms with Gasteiger partial charge in [0.25, 0.3) is 5.69 Å². The first-order valence-electron chi connectivity index (χ1n) is 14.9. The summed E-state index contributed by atoms with van der Waals surface area (Å²) < 4.78 is 4.60. The van der Waals surface area contributed by atoms with Gasteiger partial charge in [-0.15, -0.1) is 11.3 Å². The second kappa shape index (κ2) is 9.88. The Morgan fingerprint density at radius 1 is 0.556 bits per heavy atom. The lowest BCUT2D eigenvalue weighted by molar-refractivity contribution is -0.384. The van der Waals surface area contributed by atoms with Gasteiger partial charge in [-0.25, -0.2) is 0 Å². The van der Waals surface area contributed by atoms with Gasteiger partial charge in [-0.2, -0.15) is 0 Å². The third kappa shape index (κ3) is 3.91. The van der Waals surface area contributed by atoms with Gasteiger partial charge in [-0.3, -0.25) is 10.1 Å². The van der Waals surface area contributed by atoms with Gasteiger partial charge in [-0.1, -0.05) is 91.0 Å². The summed E-state index contributed by atoms with van der Waals surface area (Å²) in [5, 5.41) is 19.4. The van der Waals surface area contributed by atoms with E-state index in [1.54, 1.807) is 17.4 Å². The van der Waals surface area contributed by atoms with Gasteiger partial charge in [0.1, 0.15) is 0 Å². The predicted octanol–water partition coefficient (Wildman–Crippen LogP) is 11.5. The molecule has 9 aromatic rings. The van der Waals surface area contributed by atoms with Crippen LogP contribution in [0.25, 0.3) is 80.7 Å². The topological polar surface area (TPSA) is 48.1 Å². The van der Waals surface area contributed by atoms with Gasteiger partial charge in [0.2, 0.25) is 0 Å². The van der Waals surface area contributed by atoms with Crippen molar-refractivity contribution < 1.29 is 4.92 Å². The van der Waals surface area contributed by atoms with E-state index in [0.717, 1.165) is 65.0 Å². The van der Waals surface area contributed by atoms with E-state index in [1.165, 1.54) is 10.1 Å².